The highest BCUT2D eigenvalue weighted by atomic mass is 16.2. The summed E-state index contributed by atoms with van der Waals surface area (Å²) in [5.74, 6) is -0.532. The topological polar surface area (TPSA) is 125 Å². The van der Waals surface area contributed by atoms with Gasteiger partial charge in [-0.15, -0.1) is 0 Å². The van der Waals surface area contributed by atoms with Gasteiger partial charge in [-0.05, 0) is 48.5 Å². The van der Waals surface area contributed by atoms with Crippen molar-refractivity contribution in [2.45, 2.75) is 6.54 Å². The summed E-state index contributed by atoms with van der Waals surface area (Å²) in [6.07, 6.45) is 0. The number of hydrogen-bond donors (Lipinski definition) is 4. The average Bonchev–Trinajstić information content (AvgIpc) is 2.78. The summed E-state index contributed by atoms with van der Waals surface area (Å²) in [5.41, 5.74) is 0.857. The number of amides is 3. The zero-order valence-corrected chi connectivity index (χ0v) is 16.8. The Balaban J connectivity index is 1.39. The molecule has 0 spiro atoms. The van der Waals surface area contributed by atoms with Crippen molar-refractivity contribution in [2.24, 2.45) is 0 Å². The molecular weight excluding hydrogens is 410 g/mol. The fourth-order valence-electron chi connectivity index (χ4n) is 3.14. The van der Waals surface area contributed by atoms with E-state index in [9.17, 15) is 19.2 Å². The number of rotatable bonds is 5. The van der Waals surface area contributed by atoms with Crippen LogP contribution in [0.4, 0.5) is 21.9 Å². The lowest BCUT2D eigenvalue weighted by atomic mass is 10.2. The molecule has 4 rings (SSSR count). The van der Waals surface area contributed by atoms with Crippen molar-refractivity contribution in [2.75, 3.05) is 16.0 Å². The highest BCUT2D eigenvalue weighted by molar-refractivity contribution is 6.00. The molecule has 0 radical (unpaired) electrons. The molecule has 0 saturated heterocycles. The summed E-state index contributed by atoms with van der Waals surface area (Å²) in [6, 6.07) is 21.7. The van der Waals surface area contributed by atoms with Crippen molar-refractivity contribution in [3.63, 3.8) is 0 Å². The van der Waals surface area contributed by atoms with Gasteiger partial charge >= 0.3 is 11.7 Å². The number of nitrogens with one attached hydrogen (secondary N) is 4. The molecule has 0 fully saturated rings. The van der Waals surface area contributed by atoms with E-state index in [0.717, 1.165) is 4.57 Å². The van der Waals surface area contributed by atoms with Crippen LogP contribution in [0.1, 0.15) is 0 Å². The summed E-state index contributed by atoms with van der Waals surface area (Å²) in [7, 11) is 0. The van der Waals surface area contributed by atoms with E-state index in [1.807, 2.05) is 18.2 Å². The van der Waals surface area contributed by atoms with Crippen LogP contribution < -0.4 is 27.2 Å². The van der Waals surface area contributed by atoms with Crippen molar-refractivity contribution in [3.05, 3.63) is 99.7 Å². The van der Waals surface area contributed by atoms with Gasteiger partial charge < -0.3 is 20.9 Å². The van der Waals surface area contributed by atoms with Gasteiger partial charge in [0, 0.05) is 17.1 Å². The second kappa shape index (κ2) is 9.00. The molecule has 9 heteroatoms. The third-order valence-electron chi connectivity index (χ3n) is 4.65. The Labute approximate surface area is 181 Å². The Kier molecular flexibility index (Phi) is 5.80. The maximum atomic E-state index is 12.5. The smallest absolute Gasteiger partial charge is 0.325 e. The minimum atomic E-state index is -0.659. The first-order valence-corrected chi connectivity index (χ1v) is 9.74. The highest BCUT2D eigenvalue weighted by Gasteiger charge is 2.11. The average molecular weight is 429 g/mol. The first kappa shape index (κ1) is 20.6. The van der Waals surface area contributed by atoms with E-state index in [2.05, 4.69) is 20.9 Å². The van der Waals surface area contributed by atoms with Crippen molar-refractivity contribution in [3.8, 4) is 0 Å². The molecule has 3 amide bonds. The number of carbonyl (C=O) groups excluding carboxylic acids is 2. The maximum Gasteiger partial charge on any atom is 0.329 e. The monoisotopic (exact) mass is 429 g/mol. The molecule has 9 nitrogen and oxygen atoms in total. The molecule has 0 aliphatic carbocycles. The van der Waals surface area contributed by atoms with Crippen LogP contribution in [0.3, 0.4) is 0 Å². The first-order chi connectivity index (χ1) is 15.5. The summed E-state index contributed by atoms with van der Waals surface area (Å²) < 4.78 is 0.849. The molecule has 1 heterocycles. The number of H-pyrrole nitrogens is 1. The molecule has 0 unspecified atom stereocenters. The van der Waals surface area contributed by atoms with Crippen LogP contribution >= 0.6 is 0 Å². The van der Waals surface area contributed by atoms with Gasteiger partial charge in [-0.1, -0.05) is 30.3 Å². The van der Waals surface area contributed by atoms with Crippen LogP contribution in [0.25, 0.3) is 10.9 Å². The number of carbonyl (C=O) groups is 2. The highest BCUT2D eigenvalue weighted by Crippen LogP contribution is 2.14. The molecule has 0 atom stereocenters. The van der Waals surface area contributed by atoms with Gasteiger partial charge in [0.25, 0.3) is 5.56 Å². The van der Waals surface area contributed by atoms with Gasteiger partial charge in [0.2, 0.25) is 5.91 Å². The number of para-hydroxylation sites is 2. The Morgan fingerprint density at radius 3 is 1.97 bits per heavy atom. The van der Waals surface area contributed by atoms with E-state index >= 15 is 0 Å². The molecule has 4 aromatic rings. The van der Waals surface area contributed by atoms with Gasteiger partial charge in [-0.25, -0.2) is 9.59 Å². The van der Waals surface area contributed by atoms with Crippen LogP contribution in [0.2, 0.25) is 0 Å². The molecule has 0 aliphatic rings. The van der Waals surface area contributed by atoms with Crippen LogP contribution in [-0.2, 0) is 11.3 Å². The molecule has 4 N–H and O–H groups in total. The molecule has 0 saturated carbocycles. The molecule has 1 aromatic heterocycles. The lowest BCUT2D eigenvalue weighted by Crippen LogP contribution is -2.38. The Morgan fingerprint density at radius 1 is 0.719 bits per heavy atom. The van der Waals surface area contributed by atoms with Gasteiger partial charge in [-0.3, -0.25) is 14.2 Å². The van der Waals surface area contributed by atoms with Crippen molar-refractivity contribution < 1.29 is 9.59 Å². The maximum absolute atomic E-state index is 12.5. The third-order valence-corrected chi connectivity index (χ3v) is 4.65. The van der Waals surface area contributed by atoms with Crippen LogP contribution in [-0.4, -0.2) is 21.5 Å². The van der Waals surface area contributed by atoms with Crippen molar-refractivity contribution in [1.29, 1.82) is 0 Å². The van der Waals surface area contributed by atoms with Gasteiger partial charge in [-0.2, -0.15) is 0 Å². The zero-order valence-electron chi connectivity index (χ0n) is 16.8. The van der Waals surface area contributed by atoms with E-state index in [4.69, 9.17) is 0 Å². The van der Waals surface area contributed by atoms with E-state index in [1.165, 1.54) is 0 Å². The number of nitrogens with zero attached hydrogens (tertiary/aromatic N) is 1. The standard InChI is InChI=1S/C23H19N5O4/c29-20(14-28-21(30)18-8-4-5-9-19(18)27-23(28)32)24-16-10-12-17(13-11-16)26-22(31)25-15-6-2-1-3-7-15/h1-13H,14H2,(H,24,29)(H,27,32)(H2,25,26,31). The molecule has 3 aromatic carbocycles. The first-order valence-electron chi connectivity index (χ1n) is 9.74. The number of hydrogen-bond acceptors (Lipinski definition) is 4. The number of anilines is 3. The second-order valence-corrected chi connectivity index (χ2v) is 6.94. The van der Waals surface area contributed by atoms with Crippen LogP contribution in [0, 0.1) is 0 Å². The number of benzene rings is 3. The predicted octanol–water partition coefficient (Wildman–Crippen LogP) is 2.97. The van der Waals surface area contributed by atoms with E-state index in [0.29, 0.717) is 28.0 Å². The lowest BCUT2D eigenvalue weighted by molar-refractivity contribution is -0.116. The second-order valence-electron chi connectivity index (χ2n) is 6.94. The third kappa shape index (κ3) is 4.73. The van der Waals surface area contributed by atoms with Crippen molar-refractivity contribution >= 4 is 39.9 Å². The number of urea groups is 1. The molecule has 32 heavy (non-hydrogen) atoms. The minimum Gasteiger partial charge on any atom is -0.325 e. The Bertz CT molecular complexity index is 1390. The lowest BCUT2D eigenvalue weighted by Gasteiger charge is -2.10. The molecule has 0 bridgehead atoms. The van der Waals surface area contributed by atoms with E-state index in [-0.39, 0.29) is 0 Å². The van der Waals surface area contributed by atoms with Crippen molar-refractivity contribution in [1.82, 2.24) is 9.55 Å². The number of aromatic nitrogens is 2. The fourth-order valence-corrected chi connectivity index (χ4v) is 3.14. The predicted molar refractivity (Wildman–Crippen MR) is 123 cm³/mol. The fraction of sp³-hybridized carbons (Fsp3) is 0.0435. The minimum absolute atomic E-state index is 0.323. The quantitative estimate of drug-likeness (QED) is 0.389. The summed E-state index contributed by atoms with van der Waals surface area (Å²) in [5, 5.41) is 8.35. The number of aromatic amines is 1. The SMILES string of the molecule is O=C(Cn1c(=O)[nH]c2ccccc2c1=O)Nc1ccc(NC(=O)Nc2ccccc2)cc1. The van der Waals surface area contributed by atoms with E-state index in [1.54, 1.807) is 60.7 Å². The van der Waals surface area contributed by atoms with Gasteiger partial charge in [0.05, 0.1) is 10.9 Å². The molecular formula is C23H19N5O4. The summed E-state index contributed by atoms with van der Waals surface area (Å²) in [4.78, 5) is 51.8. The van der Waals surface area contributed by atoms with Gasteiger partial charge in [0.15, 0.2) is 0 Å². The Morgan fingerprint density at radius 2 is 1.28 bits per heavy atom. The summed E-state index contributed by atoms with van der Waals surface area (Å²) >= 11 is 0. The van der Waals surface area contributed by atoms with E-state index < -0.39 is 29.7 Å². The molecule has 160 valence electrons. The largest absolute Gasteiger partial charge is 0.329 e. The zero-order chi connectivity index (χ0) is 22.5. The number of fused-ring (bicyclic) bond motifs is 1. The van der Waals surface area contributed by atoms with Gasteiger partial charge in [0.1, 0.15) is 6.54 Å². The normalized spacial score (nSPS) is 10.5. The Hall–Kier alpha value is -4.66. The van der Waals surface area contributed by atoms with Crippen LogP contribution in [0.5, 0.6) is 0 Å². The molecule has 0 aliphatic heterocycles. The summed E-state index contributed by atoms with van der Waals surface area (Å²) in [6.45, 7) is -0.432. The van der Waals surface area contributed by atoms with Crippen LogP contribution in [0.15, 0.2) is 88.5 Å².